The van der Waals surface area contributed by atoms with Crippen LogP contribution in [0.5, 0.6) is 17.2 Å². The molecule has 20 heavy (non-hydrogen) atoms. The second-order valence-corrected chi connectivity index (χ2v) is 4.38. The second kappa shape index (κ2) is 5.17. The lowest BCUT2D eigenvalue weighted by Crippen LogP contribution is -1.96. The molecule has 0 saturated heterocycles. The van der Waals surface area contributed by atoms with E-state index in [1.165, 1.54) is 0 Å². The Hall–Kier alpha value is -2.62. The molecule has 3 rings (SSSR count). The summed E-state index contributed by atoms with van der Waals surface area (Å²) in [7, 11) is 1.60. The lowest BCUT2D eigenvalue weighted by Gasteiger charge is -2.09. The molecule has 0 amide bonds. The van der Waals surface area contributed by atoms with E-state index in [1.807, 2.05) is 24.3 Å². The fraction of sp³-hybridized carbons (Fsp3) is 0.125. The highest BCUT2D eigenvalue weighted by atomic mass is 16.5. The Morgan fingerprint density at radius 2 is 1.90 bits per heavy atom. The molecule has 0 atom stereocenters. The topological polar surface area (TPSA) is 51.8 Å². The monoisotopic (exact) mass is 270 g/mol. The smallest absolute Gasteiger partial charge is 0.161 e. The molecule has 1 aromatic heterocycles. The molecule has 0 aliphatic carbocycles. The molecule has 0 fully saturated rings. The summed E-state index contributed by atoms with van der Waals surface area (Å²) >= 11 is 0. The Balaban J connectivity index is 1.85. The maximum atomic E-state index is 9.54. The van der Waals surface area contributed by atoms with E-state index in [4.69, 9.17) is 13.9 Å². The molecule has 4 nitrogen and oxygen atoms in total. The number of benzene rings is 2. The van der Waals surface area contributed by atoms with Crippen molar-refractivity contribution in [2.45, 2.75) is 6.61 Å². The third kappa shape index (κ3) is 2.28. The fourth-order valence-corrected chi connectivity index (χ4v) is 2.08. The number of hydrogen-bond acceptors (Lipinski definition) is 4. The first-order chi connectivity index (χ1) is 9.78. The van der Waals surface area contributed by atoms with Crippen molar-refractivity contribution in [3.63, 3.8) is 0 Å². The summed E-state index contributed by atoms with van der Waals surface area (Å²) in [6, 6.07) is 12.5. The van der Waals surface area contributed by atoms with Gasteiger partial charge in [0.25, 0.3) is 0 Å². The van der Waals surface area contributed by atoms with Crippen LogP contribution in [0.15, 0.2) is 53.1 Å². The van der Waals surface area contributed by atoms with Crippen molar-refractivity contribution in [2.24, 2.45) is 0 Å². The van der Waals surface area contributed by atoms with E-state index in [0.717, 1.165) is 16.5 Å². The molecule has 0 aliphatic rings. The first-order valence-corrected chi connectivity index (χ1v) is 6.23. The van der Waals surface area contributed by atoms with Gasteiger partial charge in [-0.05, 0) is 30.3 Å². The number of methoxy groups -OCH3 is 1. The van der Waals surface area contributed by atoms with E-state index in [-0.39, 0.29) is 5.75 Å². The van der Waals surface area contributed by atoms with E-state index in [1.54, 1.807) is 31.6 Å². The SMILES string of the molecule is COc1ccccc1OCc1coc2ccc(O)cc12. The van der Waals surface area contributed by atoms with Crippen molar-refractivity contribution in [3.05, 3.63) is 54.3 Å². The number of rotatable bonds is 4. The zero-order valence-electron chi connectivity index (χ0n) is 11.0. The molecule has 1 N–H and O–H groups in total. The Labute approximate surface area is 116 Å². The summed E-state index contributed by atoms with van der Waals surface area (Å²) in [6.07, 6.45) is 1.64. The molecule has 0 aliphatic heterocycles. The predicted molar refractivity (Wildman–Crippen MR) is 75.2 cm³/mol. The number of furan rings is 1. The van der Waals surface area contributed by atoms with Crippen LogP contribution >= 0.6 is 0 Å². The average molecular weight is 270 g/mol. The van der Waals surface area contributed by atoms with Gasteiger partial charge in [-0.3, -0.25) is 0 Å². The van der Waals surface area contributed by atoms with Crippen LogP contribution in [0, 0.1) is 0 Å². The van der Waals surface area contributed by atoms with Gasteiger partial charge in [0.05, 0.1) is 13.4 Å². The minimum atomic E-state index is 0.206. The standard InChI is InChI=1S/C16H14O4/c1-18-15-4-2-3-5-16(15)20-10-11-9-19-14-7-6-12(17)8-13(11)14/h2-9,17H,10H2,1H3. The zero-order chi connectivity index (χ0) is 13.9. The van der Waals surface area contributed by atoms with Gasteiger partial charge in [-0.2, -0.15) is 0 Å². The third-order valence-corrected chi connectivity index (χ3v) is 3.09. The summed E-state index contributed by atoms with van der Waals surface area (Å²) in [5.74, 6) is 1.56. The summed E-state index contributed by atoms with van der Waals surface area (Å²) in [5, 5.41) is 10.4. The van der Waals surface area contributed by atoms with Crippen molar-refractivity contribution in [2.75, 3.05) is 7.11 Å². The van der Waals surface area contributed by atoms with Gasteiger partial charge in [-0.15, -0.1) is 0 Å². The quantitative estimate of drug-likeness (QED) is 0.785. The van der Waals surface area contributed by atoms with Gasteiger partial charge in [0.1, 0.15) is 17.9 Å². The van der Waals surface area contributed by atoms with Crippen LogP contribution in [0.4, 0.5) is 0 Å². The average Bonchev–Trinajstić information content (AvgIpc) is 2.87. The van der Waals surface area contributed by atoms with Crippen LogP contribution in [0.3, 0.4) is 0 Å². The maximum Gasteiger partial charge on any atom is 0.161 e. The van der Waals surface area contributed by atoms with E-state index in [9.17, 15) is 5.11 Å². The molecule has 3 aromatic rings. The first-order valence-electron chi connectivity index (χ1n) is 6.23. The fourth-order valence-electron chi connectivity index (χ4n) is 2.08. The highest BCUT2D eigenvalue weighted by Gasteiger charge is 2.09. The molecular weight excluding hydrogens is 256 g/mol. The van der Waals surface area contributed by atoms with E-state index < -0.39 is 0 Å². The Morgan fingerprint density at radius 1 is 1.10 bits per heavy atom. The molecule has 2 aromatic carbocycles. The Kier molecular flexibility index (Phi) is 3.21. The van der Waals surface area contributed by atoms with Gasteiger partial charge in [-0.1, -0.05) is 12.1 Å². The van der Waals surface area contributed by atoms with Gasteiger partial charge in [-0.25, -0.2) is 0 Å². The Morgan fingerprint density at radius 3 is 2.70 bits per heavy atom. The van der Waals surface area contributed by atoms with Crippen LogP contribution in [-0.2, 0) is 6.61 Å². The highest BCUT2D eigenvalue weighted by molar-refractivity contribution is 5.82. The van der Waals surface area contributed by atoms with Gasteiger partial charge in [0, 0.05) is 10.9 Å². The van der Waals surface area contributed by atoms with Crippen LogP contribution in [0.2, 0.25) is 0 Å². The molecule has 1 heterocycles. The number of para-hydroxylation sites is 2. The lowest BCUT2D eigenvalue weighted by molar-refractivity contribution is 0.284. The van der Waals surface area contributed by atoms with Crippen molar-refractivity contribution in [1.29, 1.82) is 0 Å². The van der Waals surface area contributed by atoms with Crippen molar-refractivity contribution >= 4 is 11.0 Å². The summed E-state index contributed by atoms with van der Waals surface area (Å²) in [4.78, 5) is 0. The van der Waals surface area contributed by atoms with Gasteiger partial charge in [0.2, 0.25) is 0 Å². The molecule has 0 spiro atoms. The molecule has 4 heteroatoms. The lowest BCUT2D eigenvalue weighted by atomic mass is 10.2. The predicted octanol–water partition coefficient (Wildman–Crippen LogP) is 3.73. The normalized spacial score (nSPS) is 10.7. The van der Waals surface area contributed by atoms with Crippen molar-refractivity contribution in [1.82, 2.24) is 0 Å². The number of phenols is 1. The number of ether oxygens (including phenoxy) is 2. The van der Waals surface area contributed by atoms with E-state index >= 15 is 0 Å². The molecule has 0 radical (unpaired) electrons. The number of fused-ring (bicyclic) bond motifs is 1. The zero-order valence-corrected chi connectivity index (χ0v) is 11.0. The summed E-state index contributed by atoms with van der Waals surface area (Å²) < 4.78 is 16.4. The molecule has 0 saturated carbocycles. The highest BCUT2D eigenvalue weighted by Crippen LogP contribution is 2.29. The molecular formula is C16H14O4. The van der Waals surface area contributed by atoms with Crippen LogP contribution in [0.1, 0.15) is 5.56 Å². The van der Waals surface area contributed by atoms with Crippen LogP contribution < -0.4 is 9.47 Å². The largest absolute Gasteiger partial charge is 0.508 e. The minimum absolute atomic E-state index is 0.206. The minimum Gasteiger partial charge on any atom is -0.508 e. The third-order valence-electron chi connectivity index (χ3n) is 3.09. The maximum absolute atomic E-state index is 9.54. The molecule has 102 valence electrons. The number of phenolic OH excluding ortho intramolecular Hbond substituents is 1. The Bertz CT molecular complexity index is 730. The van der Waals surface area contributed by atoms with Gasteiger partial charge in [0.15, 0.2) is 11.5 Å². The number of aromatic hydroxyl groups is 1. The first kappa shape index (κ1) is 12.4. The number of hydrogen-bond donors (Lipinski definition) is 1. The summed E-state index contributed by atoms with van der Waals surface area (Å²) in [5.41, 5.74) is 1.60. The van der Waals surface area contributed by atoms with Crippen molar-refractivity contribution in [3.8, 4) is 17.2 Å². The second-order valence-electron chi connectivity index (χ2n) is 4.38. The van der Waals surface area contributed by atoms with Crippen LogP contribution in [-0.4, -0.2) is 12.2 Å². The van der Waals surface area contributed by atoms with Crippen LogP contribution in [0.25, 0.3) is 11.0 Å². The van der Waals surface area contributed by atoms with Gasteiger partial charge >= 0.3 is 0 Å². The van der Waals surface area contributed by atoms with E-state index in [0.29, 0.717) is 18.1 Å². The summed E-state index contributed by atoms with van der Waals surface area (Å²) in [6.45, 7) is 0.344. The van der Waals surface area contributed by atoms with Gasteiger partial charge < -0.3 is 19.0 Å². The van der Waals surface area contributed by atoms with E-state index in [2.05, 4.69) is 0 Å². The van der Waals surface area contributed by atoms with Crippen molar-refractivity contribution < 1.29 is 19.0 Å². The molecule has 0 unspecified atom stereocenters. The molecule has 0 bridgehead atoms.